The molecule has 0 spiro atoms. The molecule has 1 aliphatic carbocycles. The van der Waals surface area contributed by atoms with Crippen LogP contribution in [0.5, 0.6) is 0 Å². The highest BCUT2D eigenvalue weighted by Crippen LogP contribution is 2.38. The topological polar surface area (TPSA) is 49.4 Å². The average Bonchev–Trinajstić information content (AvgIpc) is 3.37. The van der Waals surface area contributed by atoms with Gasteiger partial charge in [0.25, 0.3) is 5.91 Å². The lowest BCUT2D eigenvalue weighted by atomic mass is 10.1. The molecule has 1 N–H and O–H groups in total. The molecule has 130 valence electrons. The van der Waals surface area contributed by atoms with Crippen LogP contribution in [0.2, 0.25) is 0 Å². The van der Waals surface area contributed by atoms with Gasteiger partial charge in [0.15, 0.2) is 0 Å². The standard InChI is InChI=1S/C19H20N2O2S2/c22-18(12-25-14-5-2-1-3-6-14)21-11-13-9-15(16(21)10-13)20-19(23)17-7-4-8-24-17/h1-8,13,15-16H,9-12H2,(H,20,23). The van der Waals surface area contributed by atoms with Crippen molar-refractivity contribution in [3.63, 3.8) is 0 Å². The molecule has 2 heterocycles. The molecule has 4 nitrogen and oxygen atoms in total. The van der Waals surface area contributed by atoms with E-state index in [9.17, 15) is 9.59 Å². The first kappa shape index (κ1) is 16.7. The number of carbonyl (C=O) groups excluding carboxylic acids is 2. The zero-order valence-electron chi connectivity index (χ0n) is 13.8. The summed E-state index contributed by atoms with van der Waals surface area (Å²) in [4.78, 5) is 28.8. The van der Waals surface area contributed by atoms with E-state index in [1.54, 1.807) is 11.8 Å². The van der Waals surface area contributed by atoms with Crippen LogP contribution in [0.15, 0.2) is 52.7 Å². The second-order valence-electron chi connectivity index (χ2n) is 6.61. The molecule has 25 heavy (non-hydrogen) atoms. The van der Waals surface area contributed by atoms with E-state index in [1.165, 1.54) is 11.3 Å². The largest absolute Gasteiger partial charge is 0.347 e. The minimum absolute atomic E-state index is 0.0152. The lowest BCUT2D eigenvalue weighted by Gasteiger charge is -2.33. The monoisotopic (exact) mass is 372 g/mol. The summed E-state index contributed by atoms with van der Waals surface area (Å²) < 4.78 is 0. The van der Waals surface area contributed by atoms with Gasteiger partial charge in [-0.1, -0.05) is 24.3 Å². The second-order valence-corrected chi connectivity index (χ2v) is 8.61. The summed E-state index contributed by atoms with van der Waals surface area (Å²) in [5.74, 6) is 1.14. The molecule has 6 heteroatoms. The summed E-state index contributed by atoms with van der Waals surface area (Å²) >= 11 is 3.03. The fourth-order valence-electron chi connectivity index (χ4n) is 3.86. The SMILES string of the molecule is O=C(NC1CC2CC1N(C(=O)CSc1ccccc1)C2)c1cccs1. The summed E-state index contributed by atoms with van der Waals surface area (Å²) in [6.07, 6.45) is 1.99. The van der Waals surface area contributed by atoms with E-state index in [0.717, 1.165) is 29.2 Å². The van der Waals surface area contributed by atoms with Crippen LogP contribution in [-0.2, 0) is 4.79 Å². The van der Waals surface area contributed by atoms with Gasteiger partial charge in [0.1, 0.15) is 0 Å². The van der Waals surface area contributed by atoms with Crippen molar-refractivity contribution in [1.29, 1.82) is 0 Å². The smallest absolute Gasteiger partial charge is 0.261 e. The Balaban J connectivity index is 1.35. The molecule has 1 aromatic heterocycles. The number of rotatable bonds is 5. The molecule has 3 atom stereocenters. The quantitative estimate of drug-likeness (QED) is 0.820. The zero-order chi connectivity index (χ0) is 17.2. The number of amides is 2. The van der Waals surface area contributed by atoms with Crippen LogP contribution in [-0.4, -0.2) is 41.1 Å². The number of thiophene rings is 1. The highest BCUT2D eigenvalue weighted by atomic mass is 32.2. The minimum Gasteiger partial charge on any atom is -0.347 e. The Hall–Kier alpha value is -1.79. The molecule has 2 bridgehead atoms. The molecule has 1 saturated carbocycles. The second kappa shape index (κ2) is 7.22. The van der Waals surface area contributed by atoms with Crippen LogP contribution in [0, 0.1) is 5.92 Å². The van der Waals surface area contributed by atoms with E-state index in [0.29, 0.717) is 11.7 Å². The molecule has 2 amide bonds. The predicted octanol–water partition coefficient (Wildman–Crippen LogP) is 3.26. The lowest BCUT2D eigenvalue weighted by Crippen LogP contribution is -2.52. The third kappa shape index (κ3) is 3.60. The van der Waals surface area contributed by atoms with Gasteiger partial charge in [-0.2, -0.15) is 0 Å². The summed E-state index contributed by atoms with van der Waals surface area (Å²) in [5.41, 5.74) is 0. The maximum Gasteiger partial charge on any atom is 0.261 e. The number of nitrogens with one attached hydrogen (secondary N) is 1. The number of fused-ring (bicyclic) bond motifs is 2. The lowest BCUT2D eigenvalue weighted by molar-refractivity contribution is -0.130. The highest BCUT2D eigenvalue weighted by Gasteiger charge is 2.47. The number of piperidine rings is 1. The van der Waals surface area contributed by atoms with Crippen molar-refractivity contribution in [3.8, 4) is 0 Å². The van der Waals surface area contributed by atoms with Crippen LogP contribution in [0.4, 0.5) is 0 Å². The van der Waals surface area contributed by atoms with Crippen molar-refractivity contribution in [2.24, 2.45) is 5.92 Å². The highest BCUT2D eigenvalue weighted by molar-refractivity contribution is 8.00. The molecular formula is C19H20N2O2S2. The van der Waals surface area contributed by atoms with Crippen molar-refractivity contribution in [3.05, 3.63) is 52.7 Å². The van der Waals surface area contributed by atoms with Gasteiger partial charge in [-0.25, -0.2) is 0 Å². The van der Waals surface area contributed by atoms with Crippen molar-refractivity contribution in [1.82, 2.24) is 10.2 Å². The van der Waals surface area contributed by atoms with Crippen LogP contribution in [0.25, 0.3) is 0 Å². The van der Waals surface area contributed by atoms with Crippen molar-refractivity contribution in [2.45, 2.75) is 29.8 Å². The number of hydrogen-bond donors (Lipinski definition) is 1. The van der Waals surface area contributed by atoms with E-state index >= 15 is 0 Å². The summed E-state index contributed by atoms with van der Waals surface area (Å²) in [5, 5.41) is 5.05. The Morgan fingerprint density at radius 3 is 2.72 bits per heavy atom. The molecule has 1 aliphatic heterocycles. The first-order valence-corrected chi connectivity index (χ1v) is 10.4. The van der Waals surface area contributed by atoms with Gasteiger partial charge in [0, 0.05) is 17.5 Å². The summed E-state index contributed by atoms with van der Waals surface area (Å²) in [6, 6.07) is 14.0. The molecule has 0 radical (unpaired) electrons. The Morgan fingerprint density at radius 1 is 1.16 bits per heavy atom. The van der Waals surface area contributed by atoms with Crippen molar-refractivity contribution in [2.75, 3.05) is 12.3 Å². The van der Waals surface area contributed by atoms with Crippen LogP contribution < -0.4 is 5.32 Å². The maximum atomic E-state index is 12.7. The first-order chi connectivity index (χ1) is 12.2. The molecule has 2 aliphatic rings. The van der Waals surface area contributed by atoms with Gasteiger partial charge >= 0.3 is 0 Å². The molecule has 1 aromatic carbocycles. The van der Waals surface area contributed by atoms with E-state index < -0.39 is 0 Å². The normalized spacial score (nSPS) is 24.5. The number of thioether (sulfide) groups is 1. The number of likely N-dealkylation sites (tertiary alicyclic amines) is 1. The van der Waals surface area contributed by atoms with Gasteiger partial charge < -0.3 is 10.2 Å². The first-order valence-electron chi connectivity index (χ1n) is 8.52. The van der Waals surface area contributed by atoms with Crippen molar-refractivity contribution >= 4 is 34.9 Å². The molecule has 2 fully saturated rings. The van der Waals surface area contributed by atoms with Crippen molar-refractivity contribution < 1.29 is 9.59 Å². The number of benzene rings is 1. The fourth-order valence-corrected chi connectivity index (χ4v) is 5.29. The number of carbonyl (C=O) groups is 2. The van der Waals surface area contributed by atoms with E-state index in [4.69, 9.17) is 0 Å². The molecule has 1 saturated heterocycles. The Bertz CT molecular complexity index is 748. The molecule has 2 aromatic rings. The molecule has 4 rings (SSSR count). The number of nitrogens with zero attached hydrogens (tertiary/aromatic N) is 1. The Kier molecular flexibility index (Phi) is 4.81. The van der Waals surface area contributed by atoms with Crippen LogP contribution >= 0.6 is 23.1 Å². The van der Waals surface area contributed by atoms with Gasteiger partial charge in [-0.15, -0.1) is 23.1 Å². The third-order valence-corrected chi connectivity index (χ3v) is 6.83. The maximum absolute atomic E-state index is 12.7. The van der Waals surface area contributed by atoms with Gasteiger partial charge in [-0.3, -0.25) is 9.59 Å². The number of hydrogen-bond acceptors (Lipinski definition) is 4. The third-order valence-electron chi connectivity index (χ3n) is 4.97. The van der Waals surface area contributed by atoms with E-state index in [2.05, 4.69) is 5.32 Å². The summed E-state index contributed by atoms with van der Waals surface area (Å²) in [6.45, 7) is 0.838. The van der Waals surface area contributed by atoms with Gasteiger partial charge in [-0.05, 0) is 42.3 Å². The predicted molar refractivity (Wildman–Crippen MR) is 101 cm³/mol. The van der Waals surface area contributed by atoms with Gasteiger partial charge in [0.2, 0.25) is 5.91 Å². The molecular weight excluding hydrogens is 352 g/mol. The molecule has 3 unspecified atom stereocenters. The zero-order valence-corrected chi connectivity index (χ0v) is 15.4. The van der Waals surface area contributed by atoms with E-state index in [-0.39, 0.29) is 23.9 Å². The average molecular weight is 373 g/mol. The fraction of sp³-hybridized carbons (Fsp3) is 0.368. The van der Waals surface area contributed by atoms with Crippen LogP contribution in [0.1, 0.15) is 22.5 Å². The summed E-state index contributed by atoms with van der Waals surface area (Å²) in [7, 11) is 0. The Morgan fingerprint density at radius 2 is 2.00 bits per heavy atom. The minimum atomic E-state index is -0.0152. The van der Waals surface area contributed by atoms with Crippen LogP contribution in [0.3, 0.4) is 0 Å². The van der Waals surface area contributed by atoms with E-state index in [1.807, 2.05) is 52.7 Å². The Labute approximate surface area is 155 Å². The van der Waals surface area contributed by atoms with Gasteiger partial charge in [0.05, 0.1) is 16.7 Å².